The van der Waals surface area contributed by atoms with Crippen molar-refractivity contribution in [2.24, 2.45) is 0 Å². The Morgan fingerprint density at radius 2 is 1.75 bits per heavy atom. The molecule has 5 nitrogen and oxygen atoms in total. The number of sulfonamides is 1. The first-order valence-corrected chi connectivity index (χ1v) is 10.7. The van der Waals surface area contributed by atoms with Crippen LogP contribution in [0.5, 0.6) is 0 Å². The topological polar surface area (TPSA) is 66.5 Å². The summed E-state index contributed by atoms with van der Waals surface area (Å²) in [6, 6.07) is 16.2. The van der Waals surface area contributed by atoms with Crippen LogP contribution in [-0.4, -0.2) is 25.7 Å². The summed E-state index contributed by atoms with van der Waals surface area (Å²) in [4.78, 5) is 12.2. The van der Waals surface area contributed by atoms with Gasteiger partial charge in [0.05, 0.1) is 10.6 Å². The molecule has 0 radical (unpaired) electrons. The summed E-state index contributed by atoms with van der Waals surface area (Å²) < 4.78 is 40.7. The van der Waals surface area contributed by atoms with Gasteiger partial charge in [-0.2, -0.15) is 4.31 Å². The smallest absolute Gasteiger partial charge is 0.259 e. The molecule has 0 spiro atoms. The number of nitrogens with zero attached hydrogens (tertiary/aromatic N) is 1. The Labute approximate surface area is 167 Å². The highest BCUT2D eigenvalue weighted by Gasteiger charge is 2.23. The van der Waals surface area contributed by atoms with E-state index in [1.807, 2.05) is 31.2 Å². The summed E-state index contributed by atoms with van der Waals surface area (Å²) in [6.45, 7) is 2.20. The Bertz CT molecular complexity index is 1090. The molecule has 0 aliphatic rings. The van der Waals surface area contributed by atoms with Crippen LogP contribution in [0.3, 0.4) is 0 Å². The number of hydrogen-bond acceptors (Lipinski definition) is 4. The average molecular weight is 419 g/mol. The van der Waals surface area contributed by atoms with Gasteiger partial charge in [-0.25, -0.2) is 12.8 Å². The zero-order chi connectivity index (χ0) is 20.3. The van der Waals surface area contributed by atoms with Gasteiger partial charge in [-0.05, 0) is 36.8 Å². The van der Waals surface area contributed by atoms with Crippen molar-refractivity contribution in [2.45, 2.75) is 17.7 Å². The van der Waals surface area contributed by atoms with Crippen LogP contribution >= 0.6 is 11.3 Å². The van der Waals surface area contributed by atoms with Gasteiger partial charge in [0.15, 0.2) is 0 Å². The van der Waals surface area contributed by atoms with E-state index in [0.717, 1.165) is 22.5 Å². The number of hydrogen-bond donors (Lipinski definition) is 1. The number of carbonyl (C=O) groups is 1. The van der Waals surface area contributed by atoms with Crippen LogP contribution in [0.1, 0.15) is 21.5 Å². The first-order chi connectivity index (χ1) is 13.3. The molecular formula is C20H19FN2O3S2. The third-order valence-electron chi connectivity index (χ3n) is 4.13. The van der Waals surface area contributed by atoms with Crippen LogP contribution in [0.15, 0.2) is 64.9 Å². The number of benzene rings is 2. The maximum absolute atomic E-state index is 13.7. The Balaban J connectivity index is 1.73. The van der Waals surface area contributed by atoms with E-state index in [1.165, 1.54) is 41.7 Å². The molecule has 1 N–H and O–H groups in total. The van der Waals surface area contributed by atoms with Gasteiger partial charge in [-0.1, -0.05) is 42.0 Å². The molecule has 3 aromatic rings. The Morgan fingerprint density at radius 3 is 2.43 bits per heavy atom. The lowest BCUT2D eigenvalue weighted by atomic mass is 10.1. The van der Waals surface area contributed by atoms with Gasteiger partial charge in [0.25, 0.3) is 15.9 Å². The largest absolute Gasteiger partial charge is 0.313 e. The van der Waals surface area contributed by atoms with E-state index >= 15 is 0 Å². The molecule has 8 heteroatoms. The molecule has 0 saturated carbocycles. The van der Waals surface area contributed by atoms with Crippen molar-refractivity contribution < 1.29 is 17.6 Å². The van der Waals surface area contributed by atoms with Crippen molar-refractivity contribution >= 4 is 32.3 Å². The summed E-state index contributed by atoms with van der Waals surface area (Å²) in [5.41, 5.74) is 1.88. The number of carbonyl (C=O) groups excluding carboxylic acids is 1. The molecular weight excluding hydrogens is 399 g/mol. The van der Waals surface area contributed by atoms with Crippen LogP contribution in [0.4, 0.5) is 9.39 Å². The second-order valence-corrected chi connectivity index (χ2v) is 9.65. The lowest BCUT2D eigenvalue weighted by Crippen LogP contribution is -2.25. The standard InChI is InChI=1S/C20H19FN2O3S2/c1-14-7-9-15(10-8-14)13-23(2)28(25,26)19-12-11-18(27-19)22-20(24)16-5-3-4-6-17(16)21/h3-12H,13H2,1-2H3,(H,22,24). The Morgan fingerprint density at radius 1 is 1.07 bits per heavy atom. The summed E-state index contributed by atoms with van der Waals surface area (Å²) in [7, 11) is -2.20. The van der Waals surface area contributed by atoms with Gasteiger partial charge in [0.2, 0.25) is 0 Å². The lowest BCUT2D eigenvalue weighted by Gasteiger charge is -2.16. The van der Waals surface area contributed by atoms with Crippen LogP contribution in [0.25, 0.3) is 0 Å². The summed E-state index contributed by atoms with van der Waals surface area (Å²) in [6.07, 6.45) is 0. The van der Waals surface area contributed by atoms with Crippen LogP contribution in [0, 0.1) is 12.7 Å². The third kappa shape index (κ3) is 4.46. The maximum Gasteiger partial charge on any atom is 0.259 e. The number of nitrogens with one attached hydrogen (secondary N) is 1. The van der Waals surface area contributed by atoms with E-state index in [1.54, 1.807) is 6.07 Å². The van der Waals surface area contributed by atoms with Gasteiger partial charge in [-0.3, -0.25) is 4.79 Å². The maximum atomic E-state index is 13.7. The molecule has 0 saturated heterocycles. The second kappa shape index (κ2) is 8.22. The average Bonchev–Trinajstić information content (AvgIpc) is 3.13. The number of halogens is 1. The van der Waals surface area contributed by atoms with Crippen molar-refractivity contribution in [2.75, 3.05) is 12.4 Å². The molecule has 0 atom stereocenters. The second-order valence-electron chi connectivity index (χ2n) is 6.30. The fourth-order valence-electron chi connectivity index (χ4n) is 2.54. The zero-order valence-corrected chi connectivity index (χ0v) is 17.0. The van der Waals surface area contributed by atoms with Crippen molar-refractivity contribution in [3.05, 3.63) is 83.2 Å². The minimum Gasteiger partial charge on any atom is -0.313 e. The summed E-state index contributed by atoms with van der Waals surface area (Å²) >= 11 is 0.926. The van der Waals surface area contributed by atoms with Gasteiger partial charge >= 0.3 is 0 Å². The molecule has 2 aromatic carbocycles. The van der Waals surface area contributed by atoms with Gasteiger partial charge < -0.3 is 5.32 Å². The zero-order valence-electron chi connectivity index (χ0n) is 15.3. The van der Waals surface area contributed by atoms with Crippen molar-refractivity contribution in [1.29, 1.82) is 0 Å². The highest BCUT2D eigenvalue weighted by Crippen LogP contribution is 2.29. The fourth-order valence-corrected chi connectivity index (χ4v) is 5.11. The Hall–Kier alpha value is -2.55. The number of amides is 1. The first-order valence-electron chi connectivity index (χ1n) is 8.45. The number of anilines is 1. The van der Waals surface area contributed by atoms with E-state index in [2.05, 4.69) is 5.32 Å². The number of aryl methyl sites for hydroxylation is 1. The highest BCUT2D eigenvalue weighted by molar-refractivity contribution is 7.91. The molecule has 1 amide bonds. The molecule has 3 rings (SSSR count). The normalized spacial score (nSPS) is 11.6. The van der Waals surface area contributed by atoms with Crippen LogP contribution < -0.4 is 5.32 Å². The molecule has 146 valence electrons. The molecule has 0 aliphatic carbocycles. The number of thiophene rings is 1. The van der Waals surface area contributed by atoms with Gasteiger partial charge in [0.1, 0.15) is 10.0 Å². The minimum atomic E-state index is -3.71. The molecule has 0 fully saturated rings. The molecule has 0 unspecified atom stereocenters. The predicted octanol–water partition coefficient (Wildman–Crippen LogP) is 4.27. The number of rotatable bonds is 6. The minimum absolute atomic E-state index is 0.100. The molecule has 1 aromatic heterocycles. The van der Waals surface area contributed by atoms with E-state index in [0.29, 0.717) is 5.00 Å². The summed E-state index contributed by atoms with van der Waals surface area (Å²) in [5, 5.41) is 2.87. The van der Waals surface area contributed by atoms with Gasteiger partial charge in [-0.15, -0.1) is 11.3 Å². The highest BCUT2D eigenvalue weighted by atomic mass is 32.2. The van der Waals surface area contributed by atoms with E-state index < -0.39 is 21.7 Å². The molecule has 1 heterocycles. The van der Waals surface area contributed by atoms with E-state index in [9.17, 15) is 17.6 Å². The lowest BCUT2D eigenvalue weighted by molar-refractivity contribution is 0.102. The SMILES string of the molecule is Cc1ccc(CN(C)S(=O)(=O)c2ccc(NC(=O)c3ccccc3F)s2)cc1. The Kier molecular flexibility index (Phi) is 5.93. The molecule has 0 aliphatic heterocycles. The van der Waals surface area contributed by atoms with Crippen molar-refractivity contribution in [3.63, 3.8) is 0 Å². The quantitative estimate of drug-likeness (QED) is 0.650. The molecule has 28 heavy (non-hydrogen) atoms. The molecule has 0 bridgehead atoms. The summed E-state index contributed by atoms with van der Waals surface area (Å²) in [5.74, 6) is -1.26. The van der Waals surface area contributed by atoms with Crippen molar-refractivity contribution in [3.8, 4) is 0 Å². The van der Waals surface area contributed by atoms with Crippen molar-refractivity contribution in [1.82, 2.24) is 4.31 Å². The van der Waals surface area contributed by atoms with Gasteiger partial charge in [0, 0.05) is 13.6 Å². The van der Waals surface area contributed by atoms with Crippen LogP contribution in [-0.2, 0) is 16.6 Å². The first kappa shape index (κ1) is 20.2. The van der Waals surface area contributed by atoms with E-state index in [4.69, 9.17) is 0 Å². The van der Waals surface area contributed by atoms with Crippen LogP contribution in [0.2, 0.25) is 0 Å². The monoisotopic (exact) mass is 418 g/mol. The third-order valence-corrected chi connectivity index (χ3v) is 7.40. The van der Waals surface area contributed by atoms with E-state index in [-0.39, 0.29) is 16.3 Å². The predicted molar refractivity (Wildman–Crippen MR) is 109 cm³/mol. The fraction of sp³-hybridized carbons (Fsp3) is 0.150.